The first-order valence-corrected chi connectivity index (χ1v) is 9.33. The van der Waals surface area contributed by atoms with Gasteiger partial charge in [0.2, 0.25) is 5.91 Å². The van der Waals surface area contributed by atoms with Crippen LogP contribution < -0.4 is 5.32 Å². The predicted octanol–water partition coefficient (Wildman–Crippen LogP) is 2.44. The average Bonchev–Trinajstić information content (AvgIpc) is 2.94. The largest absolute Gasteiger partial charge is 0.311 e. The van der Waals surface area contributed by atoms with Gasteiger partial charge in [-0.05, 0) is 19.8 Å². The van der Waals surface area contributed by atoms with Crippen LogP contribution in [0.4, 0.5) is 5.82 Å². The Kier molecular flexibility index (Phi) is 5.05. The summed E-state index contributed by atoms with van der Waals surface area (Å²) in [6.45, 7) is 6.07. The van der Waals surface area contributed by atoms with E-state index in [1.54, 1.807) is 6.08 Å². The minimum Gasteiger partial charge on any atom is -0.311 e. The monoisotopic (exact) mass is 325 g/mol. The Morgan fingerprint density at radius 1 is 1.45 bits per heavy atom. The number of anilines is 1. The summed E-state index contributed by atoms with van der Waals surface area (Å²) in [6, 6.07) is 2.09. The Hall–Kier alpha value is -1.63. The molecule has 7 heteroatoms. The summed E-state index contributed by atoms with van der Waals surface area (Å²) in [6.07, 6.45) is 3.63. The summed E-state index contributed by atoms with van der Waals surface area (Å²) in [5.74, 6) is 0.279. The lowest BCUT2D eigenvalue weighted by molar-refractivity contribution is -0.116. The first kappa shape index (κ1) is 16.7. The molecule has 0 unspecified atom stereocenters. The van der Waals surface area contributed by atoms with E-state index in [2.05, 4.69) is 24.3 Å². The standard InChI is InChI=1S/C15H23N3O3S/c1-4-13(5-2)18-14(8-11(3)17-18)16-15(19)9-12-6-7-22(20,21)10-12/h6-8,12-13H,4-5,9-10H2,1-3H3,(H,16,19)/t12-/m0/s1. The molecule has 2 heterocycles. The number of sulfone groups is 1. The van der Waals surface area contributed by atoms with Crippen LogP contribution in [-0.4, -0.2) is 29.9 Å². The van der Waals surface area contributed by atoms with E-state index in [1.165, 1.54) is 5.41 Å². The lowest BCUT2D eigenvalue weighted by Crippen LogP contribution is -2.21. The van der Waals surface area contributed by atoms with Gasteiger partial charge in [0.25, 0.3) is 0 Å². The summed E-state index contributed by atoms with van der Waals surface area (Å²) in [4.78, 5) is 12.2. The van der Waals surface area contributed by atoms with Crippen molar-refractivity contribution in [3.8, 4) is 0 Å². The molecule has 1 atom stereocenters. The number of aromatic nitrogens is 2. The van der Waals surface area contributed by atoms with Gasteiger partial charge in [0.05, 0.1) is 17.5 Å². The number of allylic oxidation sites excluding steroid dienone is 1. The van der Waals surface area contributed by atoms with E-state index in [-0.39, 0.29) is 30.0 Å². The molecule has 0 radical (unpaired) electrons. The highest BCUT2D eigenvalue weighted by Gasteiger charge is 2.24. The minimum atomic E-state index is -3.12. The number of hydrogen-bond donors (Lipinski definition) is 1. The maximum Gasteiger partial charge on any atom is 0.226 e. The zero-order valence-corrected chi connectivity index (χ0v) is 14.1. The molecule has 0 fully saturated rings. The number of rotatable bonds is 6. The molecule has 0 saturated carbocycles. The molecular formula is C15H23N3O3S. The second kappa shape index (κ2) is 6.64. The summed E-state index contributed by atoms with van der Waals surface area (Å²) in [7, 11) is -3.12. The molecular weight excluding hydrogens is 302 g/mol. The van der Waals surface area contributed by atoms with Crippen LogP contribution in [0.15, 0.2) is 17.6 Å². The van der Waals surface area contributed by atoms with Gasteiger partial charge >= 0.3 is 0 Å². The highest BCUT2D eigenvalue weighted by molar-refractivity contribution is 7.94. The second-order valence-electron chi connectivity index (χ2n) is 5.76. The van der Waals surface area contributed by atoms with Crippen LogP contribution in [0, 0.1) is 12.8 Å². The Bertz CT molecular complexity index is 672. The third-order valence-electron chi connectivity index (χ3n) is 3.87. The van der Waals surface area contributed by atoms with Crippen LogP contribution in [-0.2, 0) is 14.6 Å². The third-order valence-corrected chi connectivity index (χ3v) is 5.33. The number of hydrogen-bond acceptors (Lipinski definition) is 4. The van der Waals surface area contributed by atoms with Gasteiger partial charge in [-0.2, -0.15) is 5.10 Å². The molecule has 2 rings (SSSR count). The van der Waals surface area contributed by atoms with Crippen molar-refractivity contribution in [1.82, 2.24) is 9.78 Å². The number of amides is 1. The molecule has 22 heavy (non-hydrogen) atoms. The van der Waals surface area contributed by atoms with Gasteiger partial charge < -0.3 is 5.32 Å². The smallest absolute Gasteiger partial charge is 0.226 e. The number of carbonyl (C=O) groups excluding carboxylic acids is 1. The molecule has 122 valence electrons. The van der Waals surface area contributed by atoms with Crippen molar-refractivity contribution in [2.75, 3.05) is 11.1 Å². The maximum atomic E-state index is 12.2. The molecule has 1 aromatic heterocycles. The van der Waals surface area contributed by atoms with E-state index in [0.717, 1.165) is 18.5 Å². The highest BCUT2D eigenvalue weighted by Crippen LogP contribution is 2.23. The molecule has 0 spiro atoms. The number of aryl methyl sites for hydroxylation is 1. The van der Waals surface area contributed by atoms with Gasteiger partial charge in [-0.25, -0.2) is 13.1 Å². The lowest BCUT2D eigenvalue weighted by atomic mass is 10.1. The molecule has 0 aromatic carbocycles. The Morgan fingerprint density at radius 2 is 2.14 bits per heavy atom. The van der Waals surface area contributed by atoms with E-state index in [9.17, 15) is 13.2 Å². The van der Waals surface area contributed by atoms with Crippen molar-refractivity contribution in [1.29, 1.82) is 0 Å². The van der Waals surface area contributed by atoms with Crippen molar-refractivity contribution in [3.63, 3.8) is 0 Å². The molecule has 1 N–H and O–H groups in total. The number of nitrogens with zero attached hydrogens (tertiary/aromatic N) is 2. The van der Waals surface area contributed by atoms with Crippen LogP contribution in [0.3, 0.4) is 0 Å². The molecule has 1 aliphatic heterocycles. The van der Waals surface area contributed by atoms with Crippen molar-refractivity contribution in [2.24, 2.45) is 5.92 Å². The van der Waals surface area contributed by atoms with E-state index < -0.39 is 9.84 Å². The fraction of sp³-hybridized carbons (Fsp3) is 0.600. The Labute approximate surface area is 131 Å². The minimum absolute atomic E-state index is 0.0191. The summed E-state index contributed by atoms with van der Waals surface area (Å²) >= 11 is 0. The van der Waals surface area contributed by atoms with Gasteiger partial charge in [0, 0.05) is 23.8 Å². The van der Waals surface area contributed by atoms with Crippen molar-refractivity contribution >= 4 is 21.6 Å². The van der Waals surface area contributed by atoms with Crippen LogP contribution >= 0.6 is 0 Å². The number of carbonyl (C=O) groups is 1. The molecule has 0 bridgehead atoms. The van der Waals surface area contributed by atoms with E-state index in [4.69, 9.17) is 0 Å². The molecule has 6 nitrogen and oxygen atoms in total. The van der Waals surface area contributed by atoms with Gasteiger partial charge in [-0.3, -0.25) is 4.79 Å². The summed E-state index contributed by atoms with van der Waals surface area (Å²) in [5.41, 5.74) is 0.852. The number of nitrogens with one attached hydrogen (secondary N) is 1. The van der Waals surface area contributed by atoms with Crippen molar-refractivity contribution in [3.05, 3.63) is 23.2 Å². The first-order valence-electron chi connectivity index (χ1n) is 7.61. The van der Waals surface area contributed by atoms with E-state index in [1.807, 2.05) is 17.7 Å². The molecule has 1 aromatic rings. The molecule has 1 amide bonds. The Morgan fingerprint density at radius 3 is 2.68 bits per heavy atom. The summed E-state index contributed by atoms with van der Waals surface area (Å²) in [5, 5.41) is 8.52. The highest BCUT2D eigenvalue weighted by atomic mass is 32.2. The maximum absolute atomic E-state index is 12.2. The topological polar surface area (TPSA) is 81.1 Å². The van der Waals surface area contributed by atoms with Gasteiger partial charge in [-0.1, -0.05) is 19.9 Å². The Balaban J connectivity index is 2.04. The normalized spacial score (nSPS) is 19.7. The second-order valence-corrected chi connectivity index (χ2v) is 7.69. The van der Waals surface area contributed by atoms with Gasteiger partial charge in [-0.15, -0.1) is 0 Å². The van der Waals surface area contributed by atoms with Crippen LogP contribution in [0.25, 0.3) is 0 Å². The molecule has 0 aliphatic carbocycles. The third kappa shape index (κ3) is 3.97. The SMILES string of the molecule is CCC(CC)n1nc(C)cc1NC(=O)C[C@@H]1C=CS(=O)(=O)C1. The van der Waals surface area contributed by atoms with E-state index >= 15 is 0 Å². The fourth-order valence-corrected chi connectivity index (χ4v) is 4.12. The molecule has 1 aliphatic rings. The van der Waals surface area contributed by atoms with Crippen LogP contribution in [0.5, 0.6) is 0 Å². The van der Waals surface area contributed by atoms with Crippen LogP contribution in [0.1, 0.15) is 44.8 Å². The average molecular weight is 325 g/mol. The molecule has 0 saturated heterocycles. The van der Waals surface area contributed by atoms with E-state index in [0.29, 0.717) is 5.82 Å². The summed E-state index contributed by atoms with van der Waals surface area (Å²) < 4.78 is 24.6. The van der Waals surface area contributed by atoms with Gasteiger partial charge in [0.15, 0.2) is 9.84 Å². The zero-order chi connectivity index (χ0) is 16.3. The fourth-order valence-electron chi connectivity index (χ4n) is 2.72. The zero-order valence-electron chi connectivity index (χ0n) is 13.2. The quantitative estimate of drug-likeness (QED) is 0.871. The lowest BCUT2D eigenvalue weighted by Gasteiger charge is -2.17. The van der Waals surface area contributed by atoms with Crippen LogP contribution in [0.2, 0.25) is 0 Å². The van der Waals surface area contributed by atoms with Gasteiger partial charge in [0.1, 0.15) is 5.82 Å². The predicted molar refractivity (Wildman–Crippen MR) is 86.2 cm³/mol. The first-order chi connectivity index (χ1) is 10.3. The van der Waals surface area contributed by atoms with Crippen molar-refractivity contribution in [2.45, 2.75) is 46.1 Å². The van der Waals surface area contributed by atoms with Crippen molar-refractivity contribution < 1.29 is 13.2 Å².